The number of carboxylic acid groups (broad SMARTS) is 1. The quantitative estimate of drug-likeness (QED) is 0.730. The summed E-state index contributed by atoms with van der Waals surface area (Å²) in [7, 11) is 0. The number of carbonyl (C=O) groups excluding carboxylic acids is 1. The van der Waals surface area contributed by atoms with E-state index in [0.717, 1.165) is 38.5 Å². The highest BCUT2D eigenvalue weighted by Gasteiger charge is 2.32. The van der Waals surface area contributed by atoms with Gasteiger partial charge in [0.15, 0.2) is 0 Å². The summed E-state index contributed by atoms with van der Waals surface area (Å²) in [4.78, 5) is 23.3. The van der Waals surface area contributed by atoms with Crippen molar-refractivity contribution in [2.75, 3.05) is 6.61 Å². The molecule has 114 valence electrons. The van der Waals surface area contributed by atoms with E-state index in [0.29, 0.717) is 6.61 Å². The molecule has 2 amide bonds. The number of aliphatic carboxylic acids is 1. The molecule has 1 saturated carbocycles. The Labute approximate surface area is 119 Å². The normalized spacial score (nSPS) is 28.9. The van der Waals surface area contributed by atoms with Crippen molar-refractivity contribution in [2.45, 2.75) is 63.6 Å². The molecule has 2 aliphatic rings. The minimum atomic E-state index is -0.942. The van der Waals surface area contributed by atoms with E-state index in [4.69, 9.17) is 4.74 Å². The number of carboxylic acids is 1. The van der Waals surface area contributed by atoms with Crippen molar-refractivity contribution < 1.29 is 19.4 Å². The fourth-order valence-corrected chi connectivity index (χ4v) is 3.12. The van der Waals surface area contributed by atoms with Crippen LogP contribution < -0.4 is 10.6 Å². The predicted octanol–water partition coefficient (Wildman–Crippen LogP) is 1.50. The zero-order chi connectivity index (χ0) is 14.5. The van der Waals surface area contributed by atoms with E-state index in [2.05, 4.69) is 10.6 Å². The molecule has 0 bridgehead atoms. The van der Waals surface area contributed by atoms with Crippen molar-refractivity contribution in [3.05, 3.63) is 0 Å². The van der Waals surface area contributed by atoms with E-state index < -0.39 is 18.0 Å². The molecule has 0 spiro atoms. The van der Waals surface area contributed by atoms with Crippen molar-refractivity contribution in [2.24, 2.45) is 5.92 Å². The molecule has 0 aromatic rings. The monoisotopic (exact) mass is 284 g/mol. The van der Waals surface area contributed by atoms with Crippen LogP contribution in [-0.4, -0.2) is 41.9 Å². The maximum absolute atomic E-state index is 12.0. The Kier molecular flexibility index (Phi) is 5.23. The third-order valence-electron chi connectivity index (χ3n) is 4.37. The molecule has 3 atom stereocenters. The van der Waals surface area contributed by atoms with Crippen LogP contribution in [0.4, 0.5) is 4.79 Å². The van der Waals surface area contributed by atoms with Gasteiger partial charge in [0, 0.05) is 6.61 Å². The number of ether oxygens (including phenoxy) is 1. The molecule has 0 aromatic heterocycles. The number of amides is 2. The Balaban J connectivity index is 1.86. The first-order chi connectivity index (χ1) is 9.58. The van der Waals surface area contributed by atoms with Crippen LogP contribution in [-0.2, 0) is 9.53 Å². The van der Waals surface area contributed by atoms with Gasteiger partial charge in [-0.3, -0.25) is 0 Å². The summed E-state index contributed by atoms with van der Waals surface area (Å²) in [6, 6.07) is -1.21. The van der Waals surface area contributed by atoms with Crippen LogP contribution in [0.3, 0.4) is 0 Å². The van der Waals surface area contributed by atoms with E-state index >= 15 is 0 Å². The zero-order valence-electron chi connectivity index (χ0n) is 11.9. The smallest absolute Gasteiger partial charge is 0.326 e. The van der Waals surface area contributed by atoms with Crippen LogP contribution in [0.25, 0.3) is 0 Å². The van der Waals surface area contributed by atoms with Gasteiger partial charge in [-0.1, -0.05) is 19.3 Å². The Bertz CT molecular complexity index is 355. The van der Waals surface area contributed by atoms with Crippen LogP contribution >= 0.6 is 0 Å². The van der Waals surface area contributed by atoms with Crippen LogP contribution in [0.1, 0.15) is 45.4 Å². The van der Waals surface area contributed by atoms with Gasteiger partial charge >= 0.3 is 12.0 Å². The lowest BCUT2D eigenvalue weighted by molar-refractivity contribution is -0.141. The number of nitrogens with one attached hydrogen (secondary N) is 2. The molecular formula is C14H24N2O4. The van der Waals surface area contributed by atoms with E-state index in [1.165, 1.54) is 0 Å². The molecule has 3 N–H and O–H groups in total. The first-order valence-electron chi connectivity index (χ1n) is 7.49. The summed E-state index contributed by atoms with van der Waals surface area (Å²) in [6.45, 7) is 2.55. The van der Waals surface area contributed by atoms with Crippen molar-refractivity contribution in [1.29, 1.82) is 0 Å². The molecule has 6 heteroatoms. The zero-order valence-corrected chi connectivity index (χ0v) is 11.9. The molecule has 1 aliphatic heterocycles. The molecule has 2 fully saturated rings. The lowest BCUT2D eigenvalue weighted by atomic mass is 9.84. The van der Waals surface area contributed by atoms with Gasteiger partial charge in [0.1, 0.15) is 6.04 Å². The van der Waals surface area contributed by atoms with Crippen LogP contribution in [0.15, 0.2) is 0 Å². The standard InChI is InChI=1S/C14H24N2O4/c1-9-11(7-8-20-9)15-14(19)16-12(13(17)18)10-5-3-2-4-6-10/h9-12H,2-8H2,1H3,(H,17,18)(H2,15,16,19). The van der Waals surface area contributed by atoms with E-state index in [9.17, 15) is 14.7 Å². The van der Waals surface area contributed by atoms with Crippen molar-refractivity contribution in [1.82, 2.24) is 10.6 Å². The maximum atomic E-state index is 12.0. The maximum Gasteiger partial charge on any atom is 0.326 e. The minimum absolute atomic E-state index is 0.0151. The molecule has 6 nitrogen and oxygen atoms in total. The number of carbonyl (C=O) groups is 2. The SMILES string of the molecule is CC1OCCC1NC(=O)NC(C(=O)O)C1CCCCC1. The summed E-state index contributed by atoms with van der Waals surface area (Å²) in [6.07, 6.45) is 5.76. The Morgan fingerprint density at radius 2 is 1.90 bits per heavy atom. The second kappa shape index (κ2) is 6.92. The average Bonchev–Trinajstić information content (AvgIpc) is 2.82. The number of hydrogen-bond acceptors (Lipinski definition) is 3. The van der Waals surface area contributed by atoms with Gasteiger partial charge in [-0.25, -0.2) is 9.59 Å². The first-order valence-corrected chi connectivity index (χ1v) is 7.49. The number of urea groups is 1. The molecule has 3 unspecified atom stereocenters. The predicted molar refractivity (Wildman–Crippen MR) is 73.5 cm³/mol. The molecule has 0 aromatic carbocycles. The van der Waals surface area contributed by atoms with Crippen molar-refractivity contribution >= 4 is 12.0 Å². The molecule has 1 aliphatic carbocycles. The summed E-state index contributed by atoms with van der Waals surface area (Å²) < 4.78 is 5.38. The van der Waals surface area contributed by atoms with Crippen LogP contribution in [0.5, 0.6) is 0 Å². The second-order valence-electron chi connectivity index (χ2n) is 5.80. The Morgan fingerprint density at radius 3 is 2.45 bits per heavy atom. The summed E-state index contributed by atoms with van der Waals surface area (Å²) in [5.41, 5.74) is 0. The van der Waals surface area contributed by atoms with Gasteiger partial charge in [0.25, 0.3) is 0 Å². The van der Waals surface area contributed by atoms with Gasteiger partial charge in [-0.15, -0.1) is 0 Å². The third kappa shape index (κ3) is 3.85. The van der Waals surface area contributed by atoms with Crippen LogP contribution in [0, 0.1) is 5.92 Å². The summed E-state index contributed by atoms with van der Waals surface area (Å²) >= 11 is 0. The van der Waals surface area contributed by atoms with E-state index in [-0.39, 0.29) is 18.1 Å². The lowest BCUT2D eigenvalue weighted by Gasteiger charge is -2.28. The molecule has 20 heavy (non-hydrogen) atoms. The highest BCUT2D eigenvalue weighted by atomic mass is 16.5. The van der Waals surface area contributed by atoms with Crippen molar-refractivity contribution in [3.8, 4) is 0 Å². The summed E-state index contributed by atoms with van der Waals surface area (Å²) in [5, 5.41) is 14.8. The average molecular weight is 284 g/mol. The summed E-state index contributed by atoms with van der Waals surface area (Å²) in [5.74, 6) is -0.896. The third-order valence-corrected chi connectivity index (χ3v) is 4.37. The van der Waals surface area contributed by atoms with E-state index in [1.54, 1.807) is 0 Å². The lowest BCUT2D eigenvalue weighted by Crippen LogP contribution is -2.53. The largest absolute Gasteiger partial charge is 0.480 e. The van der Waals surface area contributed by atoms with E-state index in [1.807, 2.05) is 6.92 Å². The van der Waals surface area contributed by atoms with Gasteiger partial charge in [0.05, 0.1) is 12.1 Å². The van der Waals surface area contributed by atoms with Gasteiger partial charge in [-0.2, -0.15) is 0 Å². The Morgan fingerprint density at radius 1 is 1.20 bits per heavy atom. The Hall–Kier alpha value is -1.30. The molecule has 0 radical (unpaired) electrons. The molecular weight excluding hydrogens is 260 g/mol. The highest BCUT2D eigenvalue weighted by Crippen LogP contribution is 2.26. The fourth-order valence-electron chi connectivity index (χ4n) is 3.12. The molecule has 2 rings (SSSR count). The number of rotatable bonds is 4. The topological polar surface area (TPSA) is 87.7 Å². The molecule has 1 saturated heterocycles. The van der Waals surface area contributed by atoms with Gasteiger partial charge in [-0.05, 0) is 32.1 Å². The van der Waals surface area contributed by atoms with Crippen molar-refractivity contribution in [3.63, 3.8) is 0 Å². The van der Waals surface area contributed by atoms with Crippen LogP contribution in [0.2, 0.25) is 0 Å². The number of hydrogen-bond donors (Lipinski definition) is 3. The van der Waals surface area contributed by atoms with Gasteiger partial charge < -0.3 is 20.5 Å². The second-order valence-corrected chi connectivity index (χ2v) is 5.80. The highest BCUT2D eigenvalue weighted by molar-refractivity contribution is 5.83. The van der Waals surface area contributed by atoms with Gasteiger partial charge in [0.2, 0.25) is 0 Å². The molecule has 1 heterocycles. The minimum Gasteiger partial charge on any atom is -0.480 e. The first kappa shape index (κ1) is 15.1. The fraction of sp³-hybridized carbons (Fsp3) is 0.857.